The molecule has 10 atom stereocenters. The molecule has 0 bridgehead atoms. The molecule has 45 heavy (non-hydrogen) atoms. The van der Waals surface area contributed by atoms with Gasteiger partial charge in [-0.05, 0) is 141 Å². The molecule has 1 aromatic carbocycles. The molecule has 246 valence electrons. The lowest BCUT2D eigenvalue weighted by atomic mass is 9.32. The van der Waals surface area contributed by atoms with Crippen molar-refractivity contribution in [2.45, 2.75) is 112 Å². The van der Waals surface area contributed by atoms with E-state index in [1.807, 2.05) is 0 Å². The zero-order chi connectivity index (χ0) is 32.7. The lowest BCUT2D eigenvalue weighted by molar-refractivity contribution is -0.250. The van der Waals surface area contributed by atoms with Crippen molar-refractivity contribution < 1.29 is 29.6 Å². The molecule has 0 heterocycles. The molecule has 0 spiro atoms. The normalized spacial score (nSPS) is 43.4. The summed E-state index contributed by atoms with van der Waals surface area (Å²) in [6, 6.07) is 4.46. The fourth-order valence-corrected chi connectivity index (χ4v) is 12.7. The molecule has 5 fully saturated rings. The van der Waals surface area contributed by atoms with Crippen LogP contribution in [0.4, 0.5) is 0 Å². The number of rotatable bonds is 5. The maximum Gasteiger partial charge on any atom is 0.331 e. The second-order valence-electron chi connectivity index (χ2n) is 17.0. The van der Waals surface area contributed by atoms with Gasteiger partial charge in [0.2, 0.25) is 0 Å². The Morgan fingerprint density at radius 1 is 0.867 bits per heavy atom. The minimum absolute atomic E-state index is 0.0898. The fourth-order valence-electron chi connectivity index (χ4n) is 12.7. The molecule has 0 saturated heterocycles. The average Bonchev–Trinajstić information content (AvgIpc) is 3.37. The van der Waals surface area contributed by atoms with Crippen LogP contribution >= 0.6 is 0 Å². The van der Waals surface area contributed by atoms with Gasteiger partial charge >= 0.3 is 11.9 Å². The summed E-state index contributed by atoms with van der Waals surface area (Å²) in [5.74, 6) is 0.473. The van der Waals surface area contributed by atoms with Crippen LogP contribution in [0, 0.1) is 56.7 Å². The van der Waals surface area contributed by atoms with Crippen LogP contribution in [0.5, 0.6) is 11.5 Å². The highest BCUT2D eigenvalue weighted by atomic mass is 16.5. The quantitative estimate of drug-likeness (QED) is 0.132. The van der Waals surface area contributed by atoms with E-state index in [0.29, 0.717) is 29.2 Å². The molecule has 6 heteroatoms. The number of aromatic hydroxyl groups is 2. The Bertz CT molecular complexity index is 1430. The number of phenols is 2. The number of phenolic OH excluding ortho intramolecular Hbond substituents is 2. The van der Waals surface area contributed by atoms with Gasteiger partial charge in [-0.2, -0.15) is 0 Å². The molecule has 0 amide bonds. The summed E-state index contributed by atoms with van der Waals surface area (Å²) in [5, 5.41) is 30.0. The molecule has 6 nitrogen and oxygen atoms in total. The predicted octanol–water partition coefficient (Wildman–Crippen LogP) is 8.77. The van der Waals surface area contributed by atoms with E-state index in [1.54, 1.807) is 12.1 Å². The first-order valence-electron chi connectivity index (χ1n) is 17.3. The SMILES string of the molecule is C=C(C)C1CCC2(C(=O)O)CCC3(C)C(CCC4C5(C)CCC(OC(=O)/C=C/c6ccc(O)c(O)c6)C(C)(C)C5CCC43C)C12. The Hall–Kier alpha value is -2.76. The van der Waals surface area contributed by atoms with Crippen molar-refractivity contribution in [2.75, 3.05) is 0 Å². The predicted molar refractivity (Wildman–Crippen MR) is 175 cm³/mol. The van der Waals surface area contributed by atoms with Crippen molar-refractivity contribution in [1.29, 1.82) is 0 Å². The van der Waals surface area contributed by atoms with Crippen LogP contribution in [0.15, 0.2) is 36.4 Å². The maximum absolute atomic E-state index is 13.0. The van der Waals surface area contributed by atoms with Crippen LogP contribution in [0.3, 0.4) is 0 Å². The van der Waals surface area contributed by atoms with Crippen LogP contribution < -0.4 is 0 Å². The zero-order valence-corrected chi connectivity index (χ0v) is 28.2. The number of benzene rings is 1. The highest BCUT2D eigenvalue weighted by Gasteiger charge is 2.72. The lowest BCUT2D eigenvalue weighted by Gasteiger charge is -2.72. The van der Waals surface area contributed by atoms with E-state index in [2.05, 4.69) is 48.1 Å². The number of esters is 1. The van der Waals surface area contributed by atoms with Crippen molar-refractivity contribution in [2.24, 2.45) is 56.7 Å². The number of carbonyl (C=O) groups excluding carboxylic acids is 1. The maximum atomic E-state index is 13.0. The van der Waals surface area contributed by atoms with Crippen LogP contribution in [-0.2, 0) is 14.3 Å². The van der Waals surface area contributed by atoms with E-state index in [4.69, 9.17) is 4.74 Å². The highest BCUT2D eigenvalue weighted by Crippen LogP contribution is 2.77. The Labute approximate surface area is 269 Å². The minimum Gasteiger partial charge on any atom is -0.504 e. The summed E-state index contributed by atoms with van der Waals surface area (Å²) in [4.78, 5) is 25.9. The summed E-state index contributed by atoms with van der Waals surface area (Å²) >= 11 is 0. The van der Waals surface area contributed by atoms with Crippen LogP contribution in [0.25, 0.3) is 6.08 Å². The monoisotopic (exact) mass is 618 g/mol. The molecule has 5 aliphatic rings. The zero-order valence-electron chi connectivity index (χ0n) is 28.2. The number of fused-ring (bicyclic) bond motifs is 7. The van der Waals surface area contributed by atoms with Gasteiger partial charge in [0.25, 0.3) is 0 Å². The van der Waals surface area contributed by atoms with Crippen molar-refractivity contribution in [3.05, 3.63) is 42.0 Å². The van der Waals surface area contributed by atoms with Gasteiger partial charge in [0.05, 0.1) is 5.41 Å². The average molecular weight is 619 g/mol. The molecule has 6 rings (SSSR count). The van der Waals surface area contributed by atoms with Crippen LogP contribution in [0.1, 0.15) is 111 Å². The summed E-state index contributed by atoms with van der Waals surface area (Å²) in [5.41, 5.74) is 1.34. The smallest absolute Gasteiger partial charge is 0.331 e. The number of carbonyl (C=O) groups is 2. The number of allylic oxidation sites excluding steroid dienone is 1. The van der Waals surface area contributed by atoms with E-state index in [-0.39, 0.29) is 51.2 Å². The molecule has 1 aromatic rings. The summed E-state index contributed by atoms with van der Waals surface area (Å²) in [6.07, 6.45) is 12.7. The number of carboxylic acid groups (broad SMARTS) is 1. The molecule has 10 unspecified atom stereocenters. The van der Waals surface area contributed by atoms with E-state index < -0.39 is 11.4 Å². The first-order chi connectivity index (χ1) is 21.0. The number of carboxylic acids is 1. The minimum atomic E-state index is -0.598. The van der Waals surface area contributed by atoms with Gasteiger partial charge in [-0.15, -0.1) is 0 Å². The molecule has 0 radical (unpaired) electrons. The molecule has 0 aliphatic heterocycles. The second kappa shape index (κ2) is 10.6. The standard InChI is InChI=1S/C39H54O6/c1-23(2)25-14-19-39(34(43)44)21-20-37(6)26(33(25)39)10-12-30-36(5)17-16-31(35(3,4)29(36)15-18-38(30,37)7)45-32(42)13-9-24-8-11-27(40)28(41)22-24/h8-9,11,13,22,25-26,29-31,33,40-41H,1,10,12,14-21H2,2-7H3,(H,43,44)/b13-9+. The molecular formula is C39H54O6. The third-order valence-electron chi connectivity index (χ3n) is 15.1. The number of hydrogen-bond donors (Lipinski definition) is 3. The van der Waals surface area contributed by atoms with E-state index in [9.17, 15) is 24.9 Å². The Morgan fingerprint density at radius 2 is 1.60 bits per heavy atom. The topological polar surface area (TPSA) is 104 Å². The highest BCUT2D eigenvalue weighted by molar-refractivity contribution is 5.87. The van der Waals surface area contributed by atoms with Gasteiger partial charge in [0.15, 0.2) is 11.5 Å². The largest absolute Gasteiger partial charge is 0.504 e. The Balaban J connectivity index is 1.23. The molecule has 5 saturated carbocycles. The molecule has 5 aliphatic carbocycles. The van der Waals surface area contributed by atoms with Crippen LogP contribution in [0.2, 0.25) is 0 Å². The summed E-state index contributed by atoms with van der Waals surface area (Å²) in [7, 11) is 0. The van der Waals surface area contributed by atoms with Crippen molar-refractivity contribution in [3.8, 4) is 11.5 Å². The first-order valence-corrected chi connectivity index (χ1v) is 17.3. The molecular weight excluding hydrogens is 564 g/mol. The molecule has 3 N–H and O–H groups in total. The summed E-state index contributed by atoms with van der Waals surface area (Å²) < 4.78 is 6.16. The van der Waals surface area contributed by atoms with Crippen molar-refractivity contribution in [3.63, 3.8) is 0 Å². The van der Waals surface area contributed by atoms with Gasteiger partial charge in [0, 0.05) is 11.5 Å². The third kappa shape index (κ3) is 4.54. The number of aliphatic carboxylic acids is 1. The fraction of sp³-hybridized carbons (Fsp3) is 0.692. The Morgan fingerprint density at radius 3 is 2.27 bits per heavy atom. The van der Waals surface area contributed by atoms with Gasteiger partial charge in [-0.3, -0.25) is 4.79 Å². The lowest BCUT2D eigenvalue weighted by Crippen LogP contribution is -2.67. The number of hydrogen-bond acceptors (Lipinski definition) is 5. The second-order valence-corrected chi connectivity index (χ2v) is 17.0. The van der Waals surface area contributed by atoms with Crippen LogP contribution in [-0.4, -0.2) is 33.4 Å². The molecule has 0 aromatic heterocycles. The summed E-state index contributed by atoms with van der Waals surface area (Å²) in [6.45, 7) is 18.7. The van der Waals surface area contributed by atoms with Crippen molar-refractivity contribution >= 4 is 18.0 Å². The number of ether oxygens (including phenoxy) is 1. The van der Waals surface area contributed by atoms with Gasteiger partial charge < -0.3 is 20.1 Å². The van der Waals surface area contributed by atoms with E-state index in [0.717, 1.165) is 64.2 Å². The first kappa shape index (κ1) is 32.2. The third-order valence-corrected chi connectivity index (χ3v) is 15.1. The Kier molecular flexibility index (Phi) is 7.61. The van der Waals surface area contributed by atoms with Gasteiger partial charge in [-0.25, -0.2) is 4.79 Å². The van der Waals surface area contributed by atoms with Crippen molar-refractivity contribution in [1.82, 2.24) is 0 Å². The van der Waals surface area contributed by atoms with Gasteiger partial charge in [0.1, 0.15) is 6.10 Å². The van der Waals surface area contributed by atoms with Gasteiger partial charge in [-0.1, -0.05) is 52.8 Å². The van der Waals surface area contributed by atoms with E-state index in [1.165, 1.54) is 23.8 Å². The van der Waals surface area contributed by atoms with E-state index >= 15 is 0 Å².